The summed E-state index contributed by atoms with van der Waals surface area (Å²) < 4.78 is 14.9. The number of hydrogen-bond donors (Lipinski definition) is 2. The molecule has 1 saturated heterocycles. The van der Waals surface area contributed by atoms with Gasteiger partial charge in [-0.2, -0.15) is 0 Å². The number of rotatable bonds is 4. The Morgan fingerprint density at radius 2 is 2.37 bits per heavy atom. The van der Waals surface area contributed by atoms with Crippen molar-refractivity contribution in [2.45, 2.75) is 5.54 Å². The molecule has 0 aromatic heterocycles. The zero-order chi connectivity index (χ0) is 14.0. The van der Waals surface area contributed by atoms with Crippen molar-refractivity contribution >= 4 is 15.9 Å². The smallest absolute Gasteiger partial charge is 0.142 e. The lowest BCUT2D eigenvalue weighted by Crippen LogP contribution is -2.74. The molecule has 19 heavy (non-hydrogen) atoms. The molecule has 1 aromatic carbocycles. The van der Waals surface area contributed by atoms with Gasteiger partial charge < -0.3 is 10.8 Å². The molecule has 2 atom stereocenters. The molecule has 1 fully saturated rings. The molecule has 2 unspecified atom stereocenters. The van der Waals surface area contributed by atoms with E-state index in [9.17, 15) is 9.50 Å². The summed E-state index contributed by atoms with van der Waals surface area (Å²) in [6.07, 6.45) is 1.82. The number of benzene rings is 1. The summed E-state index contributed by atoms with van der Waals surface area (Å²) in [6.45, 7) is 5.78. The first-order chi connectivity index (χ1) is 9.01. The van der Waals surface area contributed by atoms with E-state index in [2.05, 4.69) is 33.1 Å². The second kappa shape index (κ2) is 5.71. The van der Waals surface area contributed by atoms with Gasteiger partial charge in [-0.05, 0) is 18.2 Å². The Balaban J connectivity index is 2.39. The molecule has 0 amide bonds. The molecule has 5 heteroatoms. The van der Waals surface area contributed by atoms with E-state index >= 15 is 0 Å². The Kier molecular flexibility index (Phi) is 4.40. The maximum atomic E-state index is 14.1. The molecule has 1 aliphatic rings. The molecule has 4 N–H and O–H groups in total. The Hall–Kier alpha value is -0.750. The molecular formula is C14H19BrFN2O+. The number of aliphatic hydroxyl groups is 1. The Labute approximate surface area is 121 Å². The average Bonchev–Trinajstić information content (AvgIpc) is 2.70. The van der Waals surface area contributed by atoms with Crippen molar-refractivity contribution in [2.24, 2.45) is 5.92 Å². The van der Waals surface area contributed by atoms with Crippen molar-refractivity contribution in [1.82, 2.24) is 4.90 Å². The minimum atomic E-state index is -0.619. The summed E-state index contributed by atoms with van der Waals surface area (Å²) in [5, 5.41) is 9.58. The van der Waals surface area contributed by atoms with Gasteiger partial charge >= 0.3 is 0 Å². The monoisotopic (exact) mass is 329 g/mol. The first-order valence-electron chi connectivity index (χ1n) is 6.26. The normalized spacial score (nSPS) is 27.7. The third-order valence-corrected chi connectivity index (χ3v) is 4.33. The highest BCUT2D eigenvalue weighted by atomic mass is 79.9. The maximum Gasteiger partial charge on any atom is 0.142 e. The van der Waals surface area contributed by atoms with Crippen molar-refractivity contribution in [3.05, 3.63) is 46.7 Å². The van der Waals surface area contributed by atoms with Crippen LogP contribution in [0.2, 0.25) is 0 Å². The highest BCUT2D eigenvalue weighted by Crippen LogP contribution is 2.35. The van der Waals surface area contributed by atoms with Crippen LogP contribution in [0.25, 0.3) is 0 Å². The number of hydrogen-bond acceptors (Lipinski definition) is 2. The van der Waals surface area contributed by atoms with E-state index in [1.807, 2.05) is 6.08 Å². The van der Waals surface area contributed by atoms with Gasteiger partial charge in [0.25, 0.3) is 0 Å². The van der Waals surface area contributed by atoms with E-state index < -0.39 is 5.54 Å². The van der Waals surface area contributed by atoms with Crippen molar-refractivity contribution in [3.8, 4) is 0 Å². The summed E-state index contributed by atoms with van der Waals surface area (Å²) in [4.78, 5) is 2.14. The van der Waals surface area contributed by atoms with Gasteiger partial charge in [-0.3, -0.25) is 4.90 Å². The van der Waals surface area contributed by atoms with Crippen LogP contribution in [0.4, 0.5) is 4.39 Å². The zero-order valence-electron chi connectivity index (χ0n) is 10.8. The van der Waals surface area contributed by atoms with E-state index in [1.54, 1.807) is 12.1 Å². The topological polar surface area (TPSA) is 51.1 Å². The first kappa shape index (κ1) is 14.7. The lowest BCUT2D eigenvalue weighted by atomic mass is 9.81. The molecule has 0 aliphatic carbocycles. The Morgan fingerprint density at radius 3 is 3.00 bits per heavy atom. The highest BCUT2D eigenvalue weighted by molar-refractivity contribution is 9.10. The van der Waals surface area contributed by atoms with Crippen LogP contribution in [0, 0.1) is 11.7 Å². The van der Waals surface area contributed by atoms with E-state index in [0.717, 1.165) is 11.0 Å². The molecular weight excluding hydrogens is 311 g/mol. The molecule has 1 aromatic rings. The summed E-state index contributed by atoms with van der Waals surface area (Å²) in [7, 11) is 0. The second-order valence-corrected chi connectivity index (χ2v) is 6.06. The van der Waals surface area contributed by atoms with Crippen LogP contribution in [-0.4, -0.2) is 36.2 Å². The zero-order valence-corrected chi connectivity index (χ0v) is 12.4. The fraction of sp³-hybridized carbons (Fsp3) is 0.429. The van der Waals surface area contributed by atoms with Crippen LogP contribution in [-0.2, 0) is 5.54 Å². The summed E-state index contributed by atoms with van der Waals surface area (Å²) in [5.74, 6) is -0.339. The lowest BCUT2D eigenvalue weighted by Gasteiger charge is -2.26. The first-order valence-corrected chi connectivity index (χ1v) is 7.05. The molecule has 0 saturated carbocycles. The largest absolute Gasteiger partial charge is 0.396 e. The Bertz CT molecular complexity index is 483. The van der Waals surface area contributed by atoms with Crippen LogP contribution in [0.3, 0.4) is 0 Å². The molecule has 2 rings (SSSR count). The van der Waals surface area contributed by atoms with Crippen molar-refractivity contribution in [1.29, 1.82) is 0 Å². The minimum Gasteiger partial charge on any atom is -0.396 e. The van der Waals surface area contributed by atoms with Crippen LogP contribution >= 0.6 is 15.9 Å². The molecule has 1 aliphatic heterocycles. The Morgan fingerprint density at radius 1 is 1.63 bits per heavy atom. The number of halogens is 2. The van der Waals surface area contributed by atoms with E-state index in [-0.39, 0.29) is 18.3 Å². The maximum absolute atomic E-state index is 14.1. The quantitative estimate of drug-likeness (QED) is 0.814. The van der Waals surface area contributed by atoms with Gasteiger partial charge in [0.05, 0.1) is 24.6 Å². The van der Waals surface area contributed by atoms with Gasteiger partial charge in [-0.1, -0.05) is 22.0 Å². The highest BCUT2D eigenvalue weighted by Gasteiger charge is 2.49. The standard InChI is InChI=1S/C14H18BrFN2O/c1-2-5-18-7-10(8-19)14(17,9-18)12-6-11(15)3-4-13(12)16/h2-4,6,10,19H,1,5,7-9,17H2/p+1. The van der Waals surface area contributed by atoms with E-state index in [0.29, 0.717) is 18.7 Å². The molecule has 0 spiro atoms. The fourth-order valence-corrected chi connectivity index (χ4v) is 3.18. The van der Waals surface area contributed by atoms with Gasteiger partial charge in [-0.15, -0.1) is 6.58 Å². The SMILES string of the molecule is C=CCN1CC(CO)C([NH3+])(c2cc(Br)ccc2F)C1. The average molecular weight is 330 g/mol. The number of likely N-dealkylation sites (tertiary alicyclic amines) is 1. The third-order valence-electron chi connectivity index (χ3n) is 3.84. The van der Waals surface area contributed by atoms with E-state index in [4.69, 9.17) is 0 Å². The lowest BCUT2D eigenvalue weighted by molar-refractivity contribution is -0.496. The second-order valence-electron chi connectivity index (χ2n) is 5.14. The molecule has 104 valence electrons. The fourth-order valence-electron chi connectivity index (χ4n) is 2.82. The number of aliphatic hydroxyl groups excluding tert-OH is 1. The molecule has 0 bridgehead atoms. The van der Waals surface area contributed by atoms with Crippen LogP contribution in [0.15, 0.2) is 35.3 Å². The van der Waals surface area contributed by atoms with Gasteiger partial charge in [-0.25, -0.2) is 4.39 Å². The van der Waals surface area contributed by atoms with Crippen molar-refractivity contribution < 1.29 is 15.2 Å². The minimum absolute atomic E-state index is 0.00307. The van der Waals surface area contributed by atoms with Crippen molar-refractivity contribution in [3.63, 3.8) is 0 Å². The molecule has 1 heterocycles. The van der Waals surface area contributed by atoms with Gasteiger partial charge in [0.15, 0.2) is 0 Å². The summed E-state index contributed by atoms with van der Waals surface area (Å²) >= 11 is 3.37. The predicted molar refractivity (Wildman–Crippen MR) is 75.9 cm³/mol. The molecule has 0 radical (unpaired) electrons. The van der Waals surface area contributed by atoms with Crippen LogP contribution in [0.5, 0.6) is 0 Å². The molecule has 3 nitrogen and oxygen atoms in total. The summed E-state index contributed by atoms with van der Waals surface area (Å²) in [6, 6.07) is 4.88. The van der Waals surface area contributed by atoms with Crippen molar-refractivity contribution in [2.75, 3.05) is 26.2 Å². The van der Waals surface area contributed by atoms with E-state index in [1.165, 1.54) is 6.07 Å². The number of quaternary nitrogens is 1. The van der Waals surface area contributed by atoms with Crippen LogP contribution in [0.1, 0.15) is 5.56 Å². The van der Waals surface area contributed by atoms with Gasteiger partial charge in [0.1, 0.15) is 11.4 Å². The number of nitrogens with zero attached hydrogens (tertiary/aromatic N) is 1. The van der Waals surface area contributed by atoms with Crippen LogP contribution < -0.4 is 5.73 Å². The van der Waals surface area contributed by atoms with Gasteiger partial charge in [0.2, 0.25) is 0 Å². The van der Waals surface area contributed by atoms with Gasteiger partial charge in [0, 0.05) is 17.6 Å². The summed E-state index contributed by atoms with van der Waals surface area (Å²) in [5.41, 5.74) is 4.17. The third kappa shape index (κ3) is 2.74. The predicted octanol–water partition coefficient (Wildman–Crippen LogP) is 1.14.